The Labute approximate surface area is 172 Å². The average Bonchev–Trinajstić information content (AvgIpc) is 3.20. The van der Waals surface area contributed by atoms with Crippen LogP contribution in [0.15, 0.2) is 97.2 Å². The van der Waals surface area contributed by atoms with Crippen LogP contribution in [0.3, 0.4) is 0 Å². The molecule has 7 rings (SSSR count). The zero-order chi connectivity index (χ0) is 19.7. The Hall–Kier alpha value is -4.11. The molecule has 2 aromatic heterocycles. The Morgan fingerprint density at radius 3 is 2.47 bits per heavy atom. The van der Waals surface area contributed by atoms with Crippen molar-refractivity contribution >= 4 is 32.6 Å². The molecule has 3 nitrogen and oxygen atoms in total. The van der Waals surface area contributed by atoms with Gasteiger partial charge in [0.2, 0.25) is 0 Å². The van der Waals surface area contributed by atoms with E-state index in [1.807, 2.05) is 30.5 Å². The van der Waals surface area contributed by atoms with E-state index < -0.39 is 0 Å². The van der Waals surface area contributed by atoms with Gasteiger partial charge in [-0.25, -0.2) is 0 Å². The molecule has 6 aromatic rings. The van der Waals surface area contributed by atoms with Gasteiger partial charge in [0, 0.05) is 27.9 Å². The second-order valence-corrected chi connectivity index (χ2v) is 7.67. The zero-order valence-electron chi connectivity index (χ0n) is 16.0. The van der Waals surface area contributed by atoms with Crippen molar-refractivity contribution in [3.63, 3.8) is 0 Å². The summed E-state index contributed by atoms with van der Waals surface area (Å²) >= 11 is 0. The molecule has 0 saturated heterocycles. The highest BCUT2D eigenvalue weighted by atomic mass is 16.5. The van der Waals surface area contributed by atoms with Gasteiger partial charge in [-0.05, 0) is 41.8 Å². The van der Waals surface area contributed by atoms with Crippen molar-refractivity contribution in [1.29, 1.82) is 0 Å². The second kappa shape index (κ2) is 5.71. The smallest absolute Gasteiger partial charge is 0.152 e. The van der Waals surface area contributed by atoms with Gasteiger partial charge in [-0.2, -0.15) is 0 Å². The Morgan fingerprint density at radius 2 is 1.47 bits per heavy atom. The van der Waals surface area contributed by atoms with Gasteiger partial charge in [0.25, 0.3) is 0 Å². The molecule has 0 spiro atoms. The number of hydrogen-bond acceptors (Lipinski definition) is 2. The Balaban J connectivity index is 1.68. The number of benzene rings is 4. The van der Waals surface area contributed by atoms with Crippen LogP contribution in [0.2, 0.25) is 0 Å². The van der Waals surface area contributed by atoms with E-state index in [0.29, 0.717) is 0 Å². The van der Waals surface area contributed by atoms with Crippen molar-refractivity contribution in [2.24, 2.45) is 0 Å². The van der Waals surface area contributed by atoms with Gasteiger partial charge < -0.3 is 9.30 Å². The lowest BCUT2D eigenvalue weighted by Crippen LogP contribution is -2.05. The fraction of sp³-hybridized carbons (Fsp3) is 0. The molecule has 0 fully saturated rings. The summed E-state index contributed by atoms with van der Waals surface area (Å²) in [7, 11) is 0. The molecule has 0 atom stereocenters. The van der Waals surface area contributed by atoms with Crippen molar-refractivity contribution in [2.75, 3.05) is 0 Å². The third kappa shape index (κ3) is 2.01. The highest BCUT2D eigenvalue weighted by molar-refractivity contribution is 6.12. The van der Waals surface area contributed by atoms with Crippen LogP contribution in [0, 0.1) is 0 Å². The number of para-hydroxylation sites is 3. The number of rotatable bonds is 1. The van der Waals surface area contributed by atoms with E-state index in [0.717, 1.165) is 39.3 Å². The van der Waals surface area contributed by atoms with Crippen molar-refractivity contribution in [1.82, 2.24) is 9.55 Å². The van der Waals surface area contributed by atoms with E-state index in [2.05, 4.69) is 71.3 Å². The van der Waals surface area contributed by atoms with E-state index in [4.69, 9.17) is 9.72 Å². The highest BCUT2D eigenvalue weighted by Crippen LogP contribution is 2.46. The fourth-order valence-corrected chi connectivity index (χ4v) is 4.73. The normalized spacial score (nSPS) is 12.3. The number of fused-ring (bicyclic) bond motifs is 5. The van der Waals surface area contributed by atoms with Crippen LogP contribution >= 0.6 is 0 Å². The number of pyridine rings is 1. The molecule has 0 N–H and O–H groups in total. The first kappa shape index (κ1) is 15.8. The SMILES string of the molecule is c1ccc2c(c1)Oc1cccc3cc(-c4cc5ccccc5c5ncccc45)n-2c13. The van der Waals surface area contributed by atoms with Gasteiger partial charge in [0.05, 0.1) is 22.4 Å². The van der Waals surface area contributed by atoms with E-state index in [9.17, 15) is 0 Å². The minimum Gasteiger partial charge on any atom is -0.453 e. The molecule has 4 aromatic carbocycles. The summed E-state index contributed by atoms with van der Waals surface area (Å²) < 4.78 is 8.56. The van der Waals surface area contributed by atoms with Gasteiger partial charge >= 0.3 is 0 Å². The molecule has 0 saturated carbocycles. The zero-order valence-corrected chi connectivity index (χ0v) is 16.0. The largest absolute Gasteiger partial charge is 0.453 e. The molecule has 30 heavy (non-hydrogen) atoms. The minimum atomic E-state index is 0.873. The number of aromatic nitrogens is 2. The summed E-state index contributed by atoms with van der Waals surface area (Å²) in [5, 5.41) is 4.69. The van der Waals surface area contributed by atoms with Crippen LogP contribution in [0.1, 0.15) is 0 Å². The van der Waals surface area contributed by atoms with Crippen LogP contribution < -0.4 is 4.74 Å². The Bertz CT molecular complexity index is 1630. The molecule has 0 bridgehead atoms. The van der Waals surface area contributed by atoms with E-state index in [1.165, 1.54) is 21.7 Å². The van der Waals surface area contributed by atoms with Crippen molar-refractivity contribution in [2.45, 2.75) is 0 Å². The highest BCUT2D eigenvalue weighted by Gasteiger charge is 2.24. The van der Waals surface area contributed by atoms with Gasteiger partial charge in [-0.15, -0.1) is 0 Å². The first-order chi connectivity index (χ1) is 14.9. The summed E-state index contributed by atoms with van der Waals surface area (Å²) in [6, 6.07) is 31.7. The molecule has 1 aliphatic rings. The molecule has 3 heteroatoms. The van der Waals surface area contributed by atoms with E-state index >= 15 is 0 Å². The lowest BCUT2D eigenvalue weighted by molar-refractivity contribution is 0.476. The predicted molar refractivity (Wildman–Crippen MR) is 122 cm³/mol. The second-order valence-electron chi connectivity index (χ2n) is 7.67. The van der Waals surface area contributed by atoms with Crippen LogP contribution in [-0.4, -0.2) is 9.55 Å². The summed E-state index contributed by atoms with van der Waals surface area (Å²) in [5.74, 6) is 1.76. The van der Waals surface area contributed by atoms with Crippen molar-refractivity contribution < 1.29 is 4.74 Å². The van der Waals surface area contributed by atoms with E-state index in [1.54, 1.807) is 0 Å². The van der Waals surface area contributed by atoms with Gasteiger partial charge in [0.1, 0.15) is 0 Å². The van der Waals surface area contributed by atoms with Crippen LogP contribution in [0.4, 0.5) is 0 Å². The van der Waals surface area contributed by atoms with Crippen molar-refractivity contribution in [3.05, 3.63) is 97.2 Å². The molecule has 1 aliphatic heterocycles. The first-order valence-corrected chi connectivity index (χ1v) is 10.1. The first-order valence-electron chi connectivity index (χ1n) is 10.1. The van der Waals surface area contributed by atoms with Crippen LogP contribution in [0.25, 0.3) is 49.5 Å². The molecule has 0 amide bonds. The molecular weight excluding hydrogens is 368 g/mol. The van der Waals surface area contributed by atoms with Crippen LogP contribution in [0.5, 0.6) is 11.5 Å². The predicted octanol–water partition coefficient (Wildman–Crippen LogP) is 7.10. The maximum Gasteiger partial charge on any atom is 0.152 e. The average molecular weight is 384 g/mol. The maximum atomic E-state index is 6.22. The number of ether oxygens (including phenoxy) is 1. The summed E-state index contributed by atoms with van der Waals surface area (Å²) in [6.45, 7) is 0. The molecule has 0 unspecified atom stereocenters. The quantitative estimate of drug-likeness (QED) is 0.282. The summed E-state index contributed by atoms with van der Waals surface area (Å²) in [5.41, 5.74) is 5.53. The van der Waals surface area contributed by atoms with Gasteiger partial charge in [0.15, 0.2) is 11.5 Å². The number of nitrogens with zero attached hydrogens (tertiary/aromatic N) is 2. The lowest BCUT2D eigenvalue weighted by Gasteiger charge is -2.22. The van der Waals surface area contributed by atoms with Gasteiger partial charge in [-0.1, -0.05) is 54.6 Å². The molecule has 140 valence electrons. The third-order valence-electron chi connectivity index (χ3n) is 6.00. The minimum absolute atomic E-state index is 0.873. The summed E-state index contributed by atoms with van der Waals surface area (Å²) in [4.78, 5) is 4.75. The van der Waals surface area contributed by atoms with Crippen molar-refractivity contribution in [3.8, 4) is 28.4 Å². The standard InChI is InChI=1S/C27H16N2O/c1-2-9-19-17(7-1)15-21(20-10-6-14-28-26(19)20)23-16-18-8-5-13-25-27(18)29(23)22-11-3-4-12-24(22)30-25/h1-16H. The van der Waals surface area contributed by atoms with Gasteiger partial charge in [-0.3, -0.25) is 4.98 Å². The fourth-order valence-electron chi connectivity index (χ4n) is 4.73. The topological polar surface area (TPSA) is 27.1 Å². The third-order valence-corrected chi connectivity index (χ3v) is 6.00. The lowest BCUT2D eigenvalue weighted by atomic mass is 9.98. The number of hydrogen-bond donors (Lipinski definition) is 0. The van der Waals surface area contributed by atoms with Crippen LogP contribution in [-0.2, 0) is 0 Å². The molecule has 3 heterocycles. The van der Waals surface area contributed by atoms with E-state index in [-0.39, 0.29) is 0 Å². The molecular formula is C27H16N2O. The Kier molecular flexibility index (Phi) is 3.00. The summed E-state index contributed by atoms with van der Waals surface area (Å²) in [6.07, 6.45) is 1.87. The maximum absolute atomic E-state index is 6.22. The molecule has 0 aliphatic carbocycles. The molecule has 0 radical (unpaired) electrons. The Morgan fingerprint density at radius 1 is 0.667 bits per heavy atom. The monoisotopic (exact) mass is 384 g/mol.